The van der Waals surface area contributed by atoms with Gasteiger partial charge in [-0.25, -0.2) is 0 Å². The van der Waals surface area contributed by atoms with Crippen molar-refractivity contribution in [3.05, 3.63) is 0 Å². The highest BCUT2D eigenvalue weighted by molar-refractivity contribution is 5.81. The van der Waals surface area contributed by atoms with Crippen LogP contribution in [0, 0.1) is 0 Å². The van der Waals surface area contributed by atoms with Crippen LogP contribution in [0.4, 0.5) is 0 Å². The molecule has 0 fully saturated rings. The molecular formula is C10H23N3O. The number of likely N-dealkylation sites (N-methyl/N-ethyl adjacent to an activating group) is 1. The van der Waals surface area contributed by atoms with Gasteiger partial charge in [0.1, 0.15) is 0 Å². The topological polar surface area (TPSA) is 44.4 Å². The number of carbonyl (C=O) groups is 1. The Balaban J connectivity index is 3.43. The van der Waals surface area contributed by atoms with Gasteiger partial charge in [-0.1, -0.05) is 0 Å². The summed E-state index contributed by atoms with van der Waals surface area (Å²) in [5.41, 5.74) is 0. The Kier molecular flexibility index (Phi) is 7.42. The van der Waals surface area contributed by atoms with Crippen molar-refractivity contribution in [3.8, 4) is 0 Å². The third kappa shape index (κ3) is 6.86. The van der Waals surface area contributed by atoms with Gasteiger partial charge in [-0.2, -0.15) is 0 Å². The van der Waals surface area contributed by atoms with Gasteiger partial charge in [0, 0.05) is 6.54 Å². The van der Waals surface area contributed by atoms with Gasteiger partial charge in [0.25, 0.3) is 0 Å². The summed E-state index contributed by atoms with van der Waals surface area (Å²) >= 11 is 0. The summed E-state index contributed by atoms with van der Waals surface area (Å²) in [6, 6.07) is -0.0860. The van der Waals surface area contributed by atoms with E-state index in [0.717, 1.165) is 19.5 Å². The Morgan fingerprint density at radius 3 is 2.57 bits per heavy atom. The van der Waals surface area contributed by atoms with E-state index in [-0.39, 0.29) is 11.9 Å². The average Bonchev–Trinajstić information content (AvgIpc) is 2.12. The lowest BCUT2D eigenvalue weighted by molar-refractivity contribution is -0.122. The van der Waals surface area contributed by atoms with Crippen LogP contribution in [-0.2, 0) is 4.79 Å². The van der Waals surface area contributed by atoms with Crippen molar-refractivity contribution in [2.75, 3.05) is 33.7 Å². The van der Waals surface area contributed by atoms with Crippen molar-refractivity contribution < 1.29 is 4.79 Å². The van der Waals surface area contributed by atoms with Crippen LogP contribution in [0.2, 0.25) is 0 Å². The Hall–Kier alpha value is -0.610. The first-order valence-electron chi connectivity index (χ1n) is 5.23. The first kappa shape index (κ1) is 13.4. The number of amides is 1. The minimum absolute atomic E-state index is 0.0809. The summed E-state index contributed by atoms with van der Waals surface area (Å²) in [6.45, 7) is 6.45. The molecule has 14 heavy (non-hydrogen) atoms. The molecule has 0 spiro atoms. The lowest BCUT2D eigenvalue weighted by Crippen LogP contribution is -2.42. The zero-order valence-electron chi connectivity index (χ0n) is 9.76. The summed E-state index contributed by atoms with van der Waals surface area (Å²) in [5.74, 6) is 0.0809. The molecule has 0 radical (unpaired) electrons. The molecule has 0 aromatic rings. The Morgan fingerprint density at radius 1 is 1.43 bits per heavy atom. The molecule has 0 aliphatic rings. The van der Waals surface area contributed by atoms with Crippen molar-refractivity contribution in [1.82, 2.24) is 15.5 Å². The fraction of sp³-hybridized carbons (Fsp3) is 0.900. The van der Waals surface area contributed by atoms with Crippen LogP contribution in [0.15, 0.2) is 0 Å². The van der Waals surface area contributed by atoms with Gasteiger partial charge in [0.05, 0.1) is 6.04 Å². The van der Waals surface area contributed by atoms with Gasteiger partial charge in [-0.15, -0.1) is 0 Å². The SMILES string of the molecule is CCNC(=O)C(C)NCCCN(C)C. The van der Waals surface area contributed by atoms with Crippen molar-refractivity contribution >= 4 is 5.91 Å². The summed E-state index contributed by atoms with van der Waals surface area (Å²) in [4.78, 5) is 13.4. The second kappa shape index (κ2) is 7.76. The molecule has 0 aliphatic carbocycles. The Labute approximate surface area is 87.0 Å². The zero-order chi connectivity index (χ0) is 11.0. The number of nitrogens with zero attached hydrogens (tertiary/aromatic N) is 1. The molecule has 4 heteroatoms. The number of hydrogen-bond acceptors (Lipinski definition) is 3. The number of rotatable bonds is 7. The molecule has 0 saturated carbocycles. The fourth-order valence-corrected chi connectivity index (χ4v) is 1.13. The maximum Gasteiger partial charge on any atom is 0.236 e. The lowest BCUT2D eigenvalue weighted by atomic mass is 10.3. The molecule has 84 valence electrons. The van der Waals surface area contributed by atoms with Crippen LogP contribution >= 0.6 is 0 Å². The third-order valence-corrected chi connectivity index (χ3v) is 1.98. The van der Waals surface area contributed by atoms with Gasteiger partial charge in [-0.3, -0.25) is 4.79 Å². The molecular weight excluding hydrogens is 178 g/mol. The van der Waals surface area contributed by atoms with Gasteiger partial charge < -0.3 is 15.5 Å². The highest BCUT2D eigenvalue weighted by Crippen LogP contribution is 1.85. The molecule has 1 unspecified atom stereocenters. The van der Waals surface area contributed by atoms with Gasteiger partial charge in [-0.05, 0) is 47.5 Å². The summed E-state index contributed by atoms with van der Waals surface area (Å²) in [5, 5.41) is 5.97. The molecule has 0 aliphatic heterocycles. The highest BCUT2D eigenvalue weighted by Gasteiger charge is 2.09. The van der Waals surface area contributed by atoms with E-state index in [1.807, 2.05) is 27.9 Å². The predicted molar refractivity (Wildman–Crippen MR) is 59.3 cm³/mol. The molecule has 0 bridgehead atoms. The monoisotopic (exact) mass is 201 g/mol. The minimum Gasteiger partial charge on any atom is -0.355 e. The van der Waals surface area contributed by atoms with E-state index in [4.69, 9.17) is 0 Å². The molecule has 0 aromatic carbocycles. The number of hydrogen-bond donors (Lipinski definition) is 2. The molecule has 4 nitrogen and oxygen atoms in total. The first-order valence-corrected chi connectivity index (χ1v) is 5.23. The van der Waals surface area contributed by atoms with E-state index in [1.54, 1.807) is 0 Å². The number of carbonyl (C=O) groups excluding carboxylic acids is 1. The standard InChI is InChI=1S/C10H23N3O/c1-5-11-10(14)9(2)12-7-6-8-13(3)4/h9,12H,5-8H2,1-4H3,(H,11,14). The van der Waals surface area contributed by atoms with Crippen LogP contribution < -0.4 is 10.6 Å². The summed E-state index contributed by atoms with van der Waals surface area (Å²) < 4.78 is 0. The second-order valence-electron chi connectivity index (χ2n) is 3.73. The minimum atomic E-state index is -0.0860. The molecule has 0 heterocycles. The second-order valence-corrected chi connectivity index (χ2v) is 3.73. The highest BCUT2D eigenvalue weighted by atomic mass is 16.2. The van der Waals surface area contributed by atoms with Crippen molar-refractivity contribution in [2.24, 2.45) is 0 Å². The van der Waals surface area contributed by atoms with Gasteiger partial charge in [0.15, 0.2) is 0 Å². The van der Waals surface area contributed by atoms with Crippen LogP contribution in [0.1, 0.15) is 20.3 Å². The Morgan fingerprint density at radius 2 is 2.07 bits per heavy atom. The smallest absolute Gasteiger partial charge is 0.236 e. The first-order chi connectivity index (χ1) is 6.57. The van der Waals surface area contributed by atoms with Gasteiger partial charge in [0.2, 0.25) is 5.91 Å². The molecule has 0 rings (SSSR count). The molecule has 0 aromatic heterocycles. The van der Waals surface area contributed by atoms with Crippen molar-refractivity contribution in [2.45, 2.75) is 26.3 Å². The van der Waals surface area contributed by atoms with Crippen LogP contribution in [0.5, 0.6) is 0 Å². The van der Waals surface area contributed by atoms with E-state index in [0.29, 0.717) is 6.54 Å². The molecule has 1 atom stereocenters. The normalized spacial score (nSPS) is 12.9. The maximum atomic E-state index is 11.3. The van der Waals surface area contributed by atoms with E-state index in [2.05, 4.69) is 15.5 Å². The molecule has 1 amide bonds. The Bertz CT molecular complexity index is 159. The van der Waals surface area contributed by atoms with Crippen molar-refractivity contribution in [1.29, 1.82) is 0 Å². The molecule has 0 saturated heterocycles. The largest absolute Gasteiger partial charge is 0.355 e. The fourth-order valence-electron chi connectivity index (χ4n) is 1.13. The quantitative estimate of drug-likeness (QED) is 0.572. The lowest BCUT2D eigenvalue weighted by Gasteiger charge is -2.14. The van der Waals surface area contributed by atoms with Gasteiger partial charge >= 0.3 is 0 Å². The van der Waals surface area contributed by atoms with Crippen LogP contribution in [0.25, 0.3) is 0 Å². The van der Waals surface area contributed by atoms with Crippen LogP contribution in [-0.4, -0.2) is 50.6 Å². The third-order valence-electron chi connectivity index (χ3n) is 1.98. The maximum absolute atomic E-state index is 11.3. The predicted octanol–water partition coefficient (Wildman–Crippen LogP) is 0.0523. The van der Waals surface area contributed by atoms with E-state index in [1.165, 1.54) is 0 Å². The van der Waals surface area contributed by atoms with E-state index in [9.17, 15) is 4.79 Å². The molecule has 2 N–H and O–H groups in total. The van der Waals surface area contributed by atoms with E-state index >= 15 is 0 Å². The summed E-state index contributed by atoms with van der Waals surface area (Å²) in [7, 11) is 4.10. The van der Waals surface area contributed by atoms with Crippen LogP contribution in [0.3, 0.4) is 0 Å². The van der Waals surface area contributed by atoms with Crippen molar-refractivity contribution in [3.63, 3.8) is 0 Å². The number of nitrogens with one attached hydrogen (secondary N) is 2. The van der Waals surface area contributed by atoms with E-state index < -0.39 is 0 Å². The summed E-state index contributed by atoms with van der Waals surface area (Å²) in [6.07, 6.45) is 1.07. The average molecular weight is 201 g/mol. The zero-order valence-corrected chi connectivity index (χ0v) is 9.76.